The van der Waals surface area contributed by atoms with Crippen LogP contribution in [0.15, 0.2) is 18.2 Å². The van der Waals surface area contributed by atoms with E-state index >= 15 is 0 Å². The first-order valence-corrected chi connectivity index (χ1v) is 7.68. The Labute approximate surface area is 115 Å². The van der Waals surface area contributed by atoms with Gasteiger partial charge in [-0.1, -0.05) is 25.5 Å². The number of hydrogen-bond acceptors (Lipinski definition) is 1. The average molecular weight is 261 g/mol. The lowest BCUT2D eigenvalue weighted by Gasteiger charge is -2.31. The summed E-state index contributed by atoms with van der Waals surface area (Å²) in [4.78, 5) is 0. The summed E-state index contributed by atoms with van der Waals surface area (Å²) in [5.41, 5.74) is 2.04. The van der Waals surface area contributed by atoms with Crippen LogP contribution in [0.5, 0.6) is 0 Å². The number of hydrogen-bond donors (Lipinski definition) is 1. The van der Waals surface area contributed by atoms with E-state index in [1.807, 2.05) is 19.1 Å². The second-order valence-corrected chi connectivity index (χ2v) is 6.38. The topological polar surface area (TPSA) is 12.0 Å². The van der Waals surface area contributed by atoms with Gasteiger partial charge < -0.3 is 5.32 Å². The van der Waals surface area contributed by atoms with Crippen molar-refractivity contribution in [1.29, 1.82) is 0 Å². The van der Waals surface area contributed by atoms with E-state index in [9.17, 15) is 4.39 Å². The van der Waals surface area contributed by atoms with Crippen LogP contribution in [0.3, 0.4) is 0 Å². The summed E-state index contributed by atoms with van der Waals surface area (Å²) in [6.07, 6.45) is 5.62. The maximum Gasteiger partial charge on any atom is 0.126 e. The molecule has 0 radical (unpaired) electrons. The number of halogens is 1. The summed E-state index contributed by atoms with van der Waals surface area (Å²) in [6, 6.07) is 6.05. The van der Waals surface area contributed by atoms with Crippen LogP contribution in [-0.4, -0.2) is 6.54 Å². The van der Waals surface area contributed by atoms with Crippen molar-refractivity contribution in [2.24, 2.45) is 17.8 Å². The van der Waals surface area contributed by atoms with Gasteiger partial charge in [-0.2, -0.15) is 0 Å². The maximum absolute atomic E-state index is 13.5. The summed E-state index contributed by atoms with van der Waals surface area (Å²) in [7, 11) is 0. The van der Waals surface area contributed by atoms with E-state index in [1.54, 1.807) is 6.07 Å². The molecule has 0 spiro atoms. The molecule has 4 atom stereocenters. The van der Waals surface area contributed by atoms with E-state index in [-0.39, 0.29) is 5.82 Å². The number of fused-ring (bicyclic) bond motifs is 2. The van der Waals surface area contributed by atoms with Crippen LogP contribution < -0.4 is 5.32 Å². The zero-order valence-electron chi connectivity index (χ0n) is 12.0. The summed E-state index contributed by atoms with van der Waals surface area (Å²) in [6.45, 7) is 5.01. The van der Waals surface area contributed by atoms with Crippen molar-refractivity contribution < 1.29 is 4.39 Å². The van der Waals surface area contributed by atoms with Crippen molar-refractivity contribution in [3.63, 3.8) is 0 Å². The molecule has 2 bridgehead atoms. The van der Waals surface area contributed by atoms with Crippen LogP contribution in [-0.2, 0) is 0 Å². The molecule has 1 aromatic carbocycles. The largest absolute Gasteiger partial charge is 0.310 e. The van der Waals surface area contributed by atoms with Gasteiger partial charge in [0.25, 0.3) is 0 Å². The van der Waals surface area contributed by atoms with Gasteiger partial charge in [-0.25, -0.2) is 4.39 Å². The molecule has 0 amide bonds. The van der Waals surface area contributed by atoms with Crippen molar-refractivity contribution in [2.45, 2.75) is 45.6 Å². The van der Waals surface area contributed by atoms with Crippen molar-refractivity contribution in [1.82, 2.24) is 5.32 Å². The fourth-order valence-electron chi connectivity index (χ4n) is 4.30. The Bertz CT molecular complexity index is 457. The van der Waals surface area contributed by atoms with Crippen LogP contribution in [0.4, 0.5) is 4.39 Å². The van der Waals surface area contributed by atoms with Gasteiger partial charge in [0.05, 0.1) is 0 Å². The lowest BCUT2D eigenvalue weighted by Crippen LogP contribution is -2.31. The molecule has 19 heavy (non-hydrogen) atoms. The minimum absolute atomic E-state index is 0.0908. The van der Waals surface area contributed by atoms with Crippen LogP contribution in [0.25, 0.3) is 0 Å². The highest BCUT2D eigenvalue weighted by molar-refractivity contribution is 5.27. The molecule has 2 aliphatic rings. The van der Waals surface area contributed by atoms with E-state index in [1.165, 1.54) is 31.2 Å². The van der Waals surface area contributed by atoms with Gasteiger partial charge in [-0.05, 0) is 67.7 Å². The third kappa shape index (κ3) is 2.43. The molecule has 0 heterocycles. The second kappa shape index (κ2) is 5.24. The molecule has 2 saturated carbocycles. The maximum atomic E-state index is 13.5. The highest BCUT2D eigenvalue weighted by Crippen LogP contribution is 2.52. The Morgan fingerprint density at radius 2 is 2.16 bits per heavy atom. The zero-order chi connectivity index (χ0) is 13.4. The van der Waals surface area contributed by atoms with Crippen molar-refractivity contribution in [3.05, 3.63) is 35.1 Å². The Balaban J connectivity index is 1.85. The van der Waals surface area contributed by atoms with E-state index in [0.29, 0.717) is 6.04 Å². The van der Waals surface area contributed by atoms with Gasteiger partial charge in [0.1, 0.15) is 5.82 Å². The molecule has 1 N–H and O–H groups in total. The van der Waals surface area contributed by atoms with Gasteiger partial charge in [0.2, 0.25) is 0 Å². The summed E-state index contributed by atoms with van der Waals surface area (Å²) >= 11 is 0. The van der Waals surface area contributed by atoms with Gasteiger partial charge in [0, 0.05) is 6.04 Å². The summed E-state index contributed by atoms with van der Waals surface area (Å²) in [5.74, 6) is 2.51. The Kier molecular flexibility index (Phi) is 3.62. The van der Waals surface area contributed by atoms with E-state index in [4.69, 9.17) is 0 Å². The minimum atomic E-state index is -0.0908. The molecule has 104 valence electrons. The number of rotatable bonds is 4. The third-order valence-electron chi connectivity index (χ3n) is 5.19. The van der Waals surface area contributed by atoms with Gasteiger partial charge >= 0.3 is 0 Å². The monoisotopic (exact) mass is 261 g/mol. The molecule has 4 unspecified atom stereocenters. The fraction of sp³-hybridized carbons (Fsp3) is 0.647. The van der Waals surface area contributed by atoms with Crippen molar-refractivity contribution in [3.8, 4) is 0 Å². The summed E-state index contributed by atoms with van der Waals surface area (Å²) in [5, 5.41) is 3.65. The highest BCUT2D eigenvalue weighted by Gasteiger charge is 2.43. The first-order chi connectivity index (χ1) is 9.19. The average Bonchev–Trinajstić information content (AvgIpc) is 3.02. The Hall–Kier alpha value is -0.890. The molecule has 2 heteroatoms. The lowest BCUT2D eigenvalue weighted by molar-refractivity contribution is 0.253. The molecule has 0 aliphatic heterocycles. The third-order valence-corrected chi connectivity index (χ3v) is 5.19. The minimum Gasteiger partial charge on any atom is -0.310 e. The summed E-state index contributed by atoms with van der Waals surface area (Å²) < 4.78 is 13.5. The van der Waals surface area contributed by atoms with Crippen LogP contribution in [0, 0.1) is 30.5 Å². The van der Waals surface area contributed by atoms with Crippen molar-refractivity contribution in [2.75, 3.05) is 6.54 Å². The normalized spacial score (nSPS) is 30.8. The number of nitrogens with one attached hydrogen (secondary N) is 1. The van der Waals surface area contributed by atoms with E-state index < -0.39 is 0 Å². The Morgan fingerprint density at radius 3 is 2.74 bits per heavy atom. The predicted molar refractivity (Wildman–Crippen MR) is 76.5 cm³/mol. The second-order valence-electron chi connectivity index (χ2n) is 6.38. The van der Waals surface area contributed by atoms with E-state index in [2.05, 4.69) is 12.2 Å². The quantitative estimate of drug-likeness (QED) is 0.855. The van der Waals surface area contributed by atoms with Crippen LogP contribution in [0.1, 0.15) is 49.8 Å². The van der Waals surface area contributed by atoms with Crippen molar-refractivity contribution >= 4 is 0 Å². The standard InChI is InChI=1S/C17H24FN/c1-3-19-17(14-6-7-16(18)11(2)8-14)15-10-12-4-5-13(15)9-12/h6-8,12-13,15,17,19H,3-5,9-10H2,1-2H3. The smallest absolute Gasteiger partial charge is 0.126 e. The molecule has 0 aromatic heterocycles. The number of aryl methyl sites for hydroxylation is 1. The highest BCUT2D eigenvalue weighted by atomic mass is 19.1. The Morgan fingerprint density at radius 1 is 1.32 bits per heavy atom. The molecule has 1 aromatic rings. The molecular weight excluding hydrogens is 237 g/mol. The molecule has 2 fully saturated rings. The predicted octanol–water partition coefficient (Wildman–Crippen LogP) is 4.22. The molecular formula is C17H24FN. The molecule has 1 nitrogen and oxygen atoms in total. The number of benzene rings is 1. The van der Waals surface area contributed by atoms with Crippen LogP contribution >= 0.6 is 0 Å². The van der Waals surface area contributed by atoms with Gasteiger partial charge in [0.15, 0.2) is 0 Å². The molecule has 0 saturated heterocycles. The van der Waals surface area contributed by atoms with Crippen LogP contribution in [0.2, 0.25) is 0 Å². The fourth-order valence-corrected chi connectivity index (χ4v) is 4.30. The first-order valence-electron chi connectivity index (χ1n) is 7.68. The van der Waals surface area contributed by atoms with E-state index in [0.717, 1.165) is 29.9 Å². The van der Waals surface area contributed by atoms with Gasteiger partial charge in [-0.15, -0.1) is 0 Å². The first kappa shape index (κ1) is 13.1. The SMILES string of the molecule is CCNC(c1ccc(F)c(C)c1)C1CC2CCC1C2. The zero-order valence-corrected chi connectivity index (χ0v) is 12.0. The lowest BCUT2D eigenvalue weighted by atomic mass is 9.80. The molecule has 2 aliphatic carbocycles. The van der Waals surface area contributed by atoms with Gasteiger partial charge in [-0.3, -0.25) is 0 Å². The molecule has 3 rings (SSSR count).